The highest BCUT2D eigenvalue weighted by Gasteiger charge is 2.30. The van der Waals surface area contributed by atoms with E-state index >= 15 is 0 Å². The first-order valence-corrected chi connectivity index (χ1v) is 43.1. The highest BCUT2D eigenvalue weighted by molar-refractivity contribution is 7.47. The molecule has 0 aromatic rings. The number of carbonyl (C=O) groups is 4. The molecule has 0 rings (SSSR count). The van der Waals surface area contributed by atoms with Gasteiger partial charge in [0.05, 0.1) is 26.4 Å². The van der Waals surface area contributed by atoms with Crippen LogP contribution in [-0.4, -0.2) is 96.7 Å². The van der Waals surface area contributed by atoms with Gasteiger partial charge in [0.25, 0.3) is 0 Å². The van der Waals surface area contributed by atoms with E-state index in [4.69, 9.17) is 37.0 Å². The molecule has 17 nitrogen and oxygen atoms in total. The molecule has 0 bridgehead atoms. The second kappa shape index (κ2) is 70.1. The molecule has 0 radical (unpaired) electrons. The van der Waals surface area contributed by atoms with Crippen molar-refractivity contribution in [2.24, 2.45) is 5.92 Å². The summed E-state index contributed by atoms with van der Waals surface area (Å²) in [6, 6.07) is 0. The fourth-order valence-corrected chi connectivity index (χ4v) is 13.5. The van der Waals surface area contributed by atoms with Crippen LogP contribution in [0.2, 0.25) is 0 Å². The Kier molecular flexibility index (Phi) is 68.7. The topological polar surface area (TPSA) is 237 Å². The van der Waals surface area contributed by atoms with E-state index in [2.05, 4.69) is 34.6 Å². The van der Waals surface area contributed by atoms with Crippen molar-refractivity contribution in [1.82, 2.24) is 0 Å². The molecule has 5 atom stereocenters. The molecule has 96 heavy (non-hydrogen) atoms. The zero-order valence-corrected chi connectivity index (χ0v) is 64.3. The maximum absolute atomic E-state index is 13.1. The third kappa shape index (κ3) is 70.5. The van der Waals surface area contributed by atoms with E-state index in [1.807, 2.05) is 0 Å². The summed E-state index contributed by atoms with van der Waals surface area (Å²) in [5.74, 6) is -1.31. The van der Waals surface area contributed by atoms with E-state index < -0.39 is 97.5 Å². The van der Waals surface area contributed by atoms with Crippen molar-refractivity contribution in [2.75, 3.05) is 39.6 Å². The summed E-state index contributed by atoms with van der Waals surface area (Å²) >= 11 is 0. The summed E-state index contributed by atoms with van der Waals surface area (Å²) in [6.07, 6.45) is 59.7. The van der Waals surface area contributed by atoms with Gasteiger partial charge in [-0.2, -0.15) is 0 Å². The molecule has 2 unspecified atom stereocenters. The molecule has 19 heteroatoms. The van der Waals surface area contributed by atoms with Crippen molar-refractivity contribution in [3.63, 3.8) is 0 Å². The van der Waals surface area contributed by atoms with Crippen molar-refractivity contribution >= 4 is 39.5 Å². The van der Waals surface area contributed by atoms with Crippen LogP contribution in [0.25, 0.3) is 0 Å². The molecule has 0 aliphatic heterocycles. The number of ether oxygens (including phenoxy) is 4. The van der Waals surface area contributed by atoms with Crippen LogP contribution in [0.5, 0.6) is 0 Å². The molecular formula is C77H150O17P2. The van der Waals surface area contributed by atoms with E-state index in [1.165, 1.54) is 218 Å². The summed E-state index contributed by atoms with van der Waals surface area (Å²) in [5, 5.41) is 10.6. The number of rotatable bonds is 77. The summed E-state index contributed by atoms with van der Waals surface area (Å²) < 4.78 is 68.5. The van der Waals surface area contributed by atoms with Gasteiger partial charge in [0.2, 0.25) is 0 Å². The number of esters is 4. The lowest BCUT2D eigenvalue weighted by atomic mass is 10.0. The Labute approximate surface area is 588 Å². The highest BCUT2D eigenvalue weighted by atomic mass is 31.2. The van der Waals surface area contributed by atoms with Crippen molar-refractivity contribution in [1.29, 1.82) is 0 Å². The summed E-state index contributed by atoms with van der Waals surface area (Å²) in [6.45, 7) is 7.29. The molecule has 570 valence electrons. The monoisotopic (exact) mass is 1410 g/mol. The highest BCUT2D eigenvalue weighted by Crippen LogP contribution is 2.45. The van der Waals surface area contributed by atoms with E-state index in [0.717, 1.165) is 109 Å². The summed E-state index contributed by atoms with van der Waals surface area (Å²) in [7, 11) is -9.91. The van der Waals surface area contributed by atoms with Gasteiger partial charge in [0, 0.05) is 25.7 Å². The van der Waals surface area contributed by atoms with Gasteiger partial charge >= 0.3 is 39.5 Å². The number of phosphoric ester groups is 2. The molecule has 0 amide bonds. The molecule has 0 aromatic carbocycles. The van der Waals surface area contributed by atoms with Crippen LogP contribution >= 0.6 is 15.6 Å². The lowest BCUT2D eigenvalue weighted by molar-refractivity contribution is -0.161. The van der Waals surface area contributed by atoms with Crippen molar-refractivity contribution in [3.05, 3.63) is 0 Å². The molecule has 3 N–H and O–H groups in total. The number of hydrogen-bond acceptors (Lipinski definition) is 15. The van der Waals surface area contributed by atoms with Crippen LogP contribution in [0.15, 0.2) is 0 Å². The fraction of sp³-hybridized carbons (Fsp3) is 0.948. The lowest BCUT2D eigenvalue weighted by Crippen LogP contribution is -2.30. The van der Waals surface area contributed by atoms with Gasteiger partial charge in [-0.1, -0.05) is 356 Å². The van der Waals surface area contributed by atoms with Gasteiger partial charge < -0.3 is 33.8 Å². The minimum absolute atomic E-state index is 0.108. The lowest BCUT2D eigenvalue weighted by Gasteiger charge is -2.21. The smallest absolute Gasteiger partial charge is 0.462 e. The summed E-state index contributed by atoms with van der Waals surface area (Å²) in [4.78, 5) is 72.7. The number of phosphoric acid groups is 2. The third-order valence-corrected chi connectivity index (χ3v) is 19.9. The molecule has 0 aromatic heterocycles. The van der Waals surface area contributed by atoms with E-state index in [-0.39, 0.29) is 25.7 Å². The number of aliphatic hydroxyl groups is 1. The average molecular weight is 1410 g/mol. The molecule has 0 heterocycles. The van der Waals surface area contributed by atoms with Gasteiger partial charge in [-0.3, -0.25) is 37.3 Å². The predicted molar refractivity (Wildman–Crippen MR) is 391 cm³/mol. The van der Waals surface area contributed by atoms with Crippen molar-refractivity contribution in [2.45, 2.75) is 425 Å². The zero-order chi connectivity index (χ0) is 70.5. The van der Waals surface area contributed by atoms with Crippen LogP contribution in [-0.2, 0) is 65.4 Å². The standard InChI is InChI=1S/C77H150O17P2/c1-6-9-12-15-18-20-22-24-26-27-30-34-37-41-46-51-56-61-75(80)88-67-73(94-77(82)63-58-53-48-43-39-35-31-28-29-32-36-40-45-49-54-59-70(4)5)69-92-96(85,86)90-65-71(78)64-89-95(83,84)91-68-72(66-87-74(79)60-55-50-44-17-14-11-8-3)93-76(81)62-57-52-47-42-38-33-25-23-21-19-16-13-10-7-2/h70-73,78H,6-69H2,1-5H3,(H,83,84)(H,85,86)/t71-,72+,73+/m0/s1. The maximum atomic E-state index is 13.1. The third-order valence-electron chi connectivity index (χ3n) is 18.0. The number of aliphatic hydroxyl groups excluding tert-OH is 1. The minimum Gasteiger partial charge on any atom is -0.462 e. The molecule has 0 fully saturated rings. The number of carbonyl (C=O) groups excluding carboxylic acids is 4. The van der Waals surface area contributed by atoms with Crippen LogP contribution in [0.1, 0.15) is 407 Å². The molecule has 0 spiro atoms. The van der Waals surface area contributed by atoms with E-state index in [0.29, 0.717) is 25.7 Å². The number of hydrogen-bond donors (Lipinski definition) is 3. The van der Waals surface area contributed by atoms with Crippen LogP contribution < -0.4 is 0 Å². The van der Waals surface area contributed by atoms with Crippen molar-refractivity contribution in [3.8, 4) is 0 Å². The minimum atomic E-state index is -4.96. The fourth-order valence-electron chi connectivity index (χ4n) is 11.9. The van der Waals surface area contributed by atoms with Crippen LogP contribution in [0.4, 0.5) is 0 Å². The van der Waals surface area contributed by atoms with Gasteiger partial charge in [0.1, 0.15) is 19.3 Å². The Morgan fingerprint density at radius 2 is 0.479 bits per heavy atom. The zero-order valence-electron chi connectivity index (χ0n) is 62.5. The Morgan fingerprint density at radius 3 is 0.708 bits per heavy atom. The first-order chi connectivity index (χ1) is 46.5. The van der Waals surface area contributed by atoms with E-state index in [1.54, 1.807) is 0 Å². The Bertz CT molecular complexity index is 1840. The first kappa shape index (κ1) is 94.1. The normalized spacial score (nSPS) is 13.9. The quantitative estimate of drug-likeness (QED) is 0.0222. The number of unbranched alkanes of at least 4 members (excludes halogenated alkanes) is 49. The second-order valence-electron chi connectivity index (χ2n) is 28.2. The van der Waals surface area contributed by atoms with Crippen LogP contribution in [0.3, 0.4) is 0 Å². The van der Waals surface area contributed by atoms with Gasteiger partial charge in [0.15, 0.2) is 12.2 Å². The van der Waals surface area contributed by atoms with Crippen LogP contribution in [0, 0.1) is 5.92 Å². The molecule has 0 saturated carbocycles. The van der Waals surface area contributed by atoms with E-state index in [9.17, 15) is 43.2 Å². The maximum Gasteiger partial charge on any atom is 0.472 e. The Balaban J connectivity index is 5.19. The SMILES string of the molecule is CCCCCCCCCCCCCCCCCCCC(=O)OC[C@H](COP(=O)(O)OC[C@@H](O)COP(=O)(O)OC[C@@H](COC(=O)CCCCCCCCC)OC(=O)CCCCCCCCCCCCCCCC)OC(=O)CCCCCCCCCCCCCCCCCC(C)C. The average Bonchev–Trinajstić information content (AvgIpc) is 3.14. The molecular weight excluding hydrogens is 1260 g/mol. The largest absolute Gasteiger partial charge is 0.472 e. The van der Waals surface area contributed by atoms with Gasteiger partial charge in [-0.15, -0.1) is 0 Å². The Morgan fingerprint density at radius 1 is 0.281 bits per heavy atom. The summed E-state index contributed by atoms with van der Waals surface area (Å²) in [5.41, 5.74) is 0. The van der Waals surface area contributed by atoms with Gasteiger partial charge in [-0.25, -0.2) is 9.13 Å². The van der Waals surface area contributed by atoms with Crippen molar-refractivity contribution < 1.29 is 80.2 Å². The van der Waals surface area contributed by atoms with Gasteiger partial charge in [-0.05, 0) is 31.6 Å². The molecule has 0 saturated heterocycles. The molecule has 0 aliphatic rings. The first-order valence-electron chi connectivity index (χ1n) is 40.1. The molecule has 0 aliphatic carbocycles. The predicted octanol–water partition coefficient (Wildman–Crippen LogP) is 22.9. The Hall–Kier alpha value is -1.94. The second-order valence-corrected chi connectivity index (χ2v) is 31.1.